The van der Waals surface area contributed by atoms with Gasteiger partial charge in [0.05, 0.1) is 31.4 Å². The minimum absolute atomic E-state index is 0.0419. The van der Waals surface area contributed by atoms with Crippen LogP contribution in [0.4, 0.5) is 0 Å². The molecule has 7 nitrogen and oxygen atoms in total. The summed E-state index contributed by atoms with van der Waals surface area (Å²) in [5, 5.41) is 4.39. The SMILES string of the molecule is CCOC(=O)c1c(Sc2ccccc2)c(C(=O)OC)nn1-c1ccc(OC)cc1. The van der Waals surface area contributed by atoms with Crippen LogP contribution in [0.15, 0.2) is 64.4 Å². The van der Waals surface area contributed by atoms with Crippen LogP contribution < -0.4 is 4.74 Å². The van der Waals surface area contributed by atoms with Crippen LogP contribution in [0.3, 0.4) is 0 Å². The monoisotopic (exact) mass is 412 g/mol. The van der Waals surface area contributed by atoms with Gasteiger partial charge >= 0.3 is 11.9 Å². The van der Waals surface area contributed by atoms with Crippen LogP contribution in [-0.2, 0) is 9.47 Å². The van der Waals surface area contributed by atoms with Crippen molar-refractivity contribution >= 4 is 23.7 Å². The summed E-state index contributed by atoms with van der Waals surface area (Å²) in [6.45, 7) is 1.91. The number of esters is 2. The van der Waals surface area contributed by atoms with E-state index in [0.717, 1.165) is 4.90 Å². The molecule has 0 saturated heterocycles. The average Bonchev–Trinajstić information content (AvgIpc) is 3.13. The van der Waals surface area contributed by atoms with Gasteiger partial charge in [0.15, 0.2) is 11.4 Å². The standard InChI is InChI=1S/C21H20N2O5S/c1-4-28-21(25)18-19(29-16-8-6-5-7-9-16)17(20(24)27-3)22-23(18)14-10-12-15(26-2)13-11-14/h5-13H,4H2,1-3H3. The summed E-state index contributed by atoms with van der Waals surface area (Å²) in [7, 11) is 2.84. The Morgan fingerprint density at radius 1 is 1.00 bits per heavy atom. The van der Waals surface area contributed by atoms with Crippen molar-refractivity contribution in [3.05, 3.63) is 66.0 Å². The summed E-state index contributed by atoms with van der Waals surface area (Å²) >= 11 is 1.25. The van der Waals surface area contributed by atoms with Gasteiger partial charge < -0.3 is 14.2 Å². The van der Waals surface area contributed by atoms with Gasteiger partial charge in [0.25, 0.3) is 0 Å². The molecular weight excluding hydrogens is 392 g/mol. The molecule has 8 heteroatoms. The lowest BCUT2D eigenvalue weighted by Gasteiger charge is -2.09. The number of hydrogen-bond acceptors (Lipinski definition) is 7. The maximum absolute atomic E-state index is 12.8. The summed E-state index contributed by atoms with van der Waals surface area (Å²) in [4.78, 5) is 26.5. The molecule has 0 aliphatic carbocycles. The summed E-state index contributed by atoms with van der Waals surface area (Å²) in [5.41, 5.74) is 0.783. The van der Waals surface area contributed by atoms with Crippen LogP contribution in [0.5, 0.6) is 5.75 Å². The van der Waals surface area contributed by atoms with Gasteiger partial charge in [-0.05, 0) is 43.3 Å². The van der Waals surface area contributed by atoms with E-state index in [1.165, 1.54) is 23.6 Å². The number of nitrogens with zero attached hydrogens (tertiary/aromatic N) is 2. The first-order chi connectivity index (χ1) is 14.1. The van der Waals surface area contributed by atoms with Gasteiger partial charge in [0, 0.05) is 4.90 Å². The number of benzene rings is 2. The van der Waals surface area contributed by atoms with Crippen molar-refractivity contribution in [1.82, 2.24) is 9.78 Å². The molecule has 0 radical (unpaired) electrons. The molecule has 2 aromatic carbocycles. The molecule has 0 bridgehead atoms. The normalized spacial score (nSPS) is 10.4. The topological polar surface area (TPSA) is 79.7 Å². The molecular formula is C21H20N2O5S. The zero-order valence-corrected chi connectivity index (χ0v) is 17.1. The molecule has 1 heterocycles. The highest BCUT2D eigenvalue weighted by Gasteiger charge is 2.30. The Balaban J connectivity index is 2.20. The van der Waals surface area contributed by atoms with Gasteiger partial charge in [-0.2, -0.15) is 5.10 Å². The molecule has 0 saturated carbocycles. The molecule has 0 amide bonds. The van der Waals surface area contributed by atoms with Crippen LogP contribution in [0.2, 0.25) is 0 Å². The van der Waals surface area contributed by atoms with E-state index >= 15 is 0 Å². The fourth-order valence-corrected chi connectivity index (χ4v) is 3.64. The van der Waals surface area contributed by atoms with E-state index in [1.807, 2.05) is 30.3 Å². The zero-order chi connectivity index (χ0) is 20.8. The fourth-order valence-electron chi connectivity index (χ4n) is 2.63. The van der Waals surface area contributed by atoms with Crippen molar-refractivity contribution < 1.29 is 23.8 Å². The smallest absolute Gasteiger partial charge is 0.359 e. The lowest BCUT2D eigenvalue weighted by molar-refractivity contribution is 0.0511. The summed E-state index contributed by atoms with van der Waals surface area (Å²) in [6.07, 6.45) is 0. The molecule has 0 atom stereocenters. The highest BCUT2D eigenvalue weighted by atomic mass is 32.2. The molecule has 0 spiro atoms. The van der Waals surface area contributed by atoms with Crippen LogP contribution in [0.1, 0.15) is 27.9 Å². The second-order valence-electron chi connectivity index (χ2n) is 5.76. The van der Waals surface area contributed by atoms with Crippen LogP contribution in [-0.4, -0.2) is 42.5 Å². The number of carbonyl (C=O) groups is 2. The van der Waals surface area contributed by atoms with Crippen molar-refractivity contribution in [2.45, 2.75) is 16.7 Å². The van der Waals surface area contributed by atoms with E-state index in [0.29, 0.717) is 16.3 Å². The van der Waals surface area contributed by atoms with Crippen molar-refractivity contribution in [3.63, 3.8) is 0 Å². The fraction of sp³-hybridized carbons (Fsp3) is 0.190. The molecule has 3 rings (SSSR count). The maximum atomic E-state index is 12.8. The van der Waals surface area contributed by atoms with Crippen LogP contribution in [0, 0.1) is 0 Å². The second kappa shape index (κ2) is 9.29. The van der Waals surface area contributed by atoms with E-state index in [4.69, 9.17) is 14.2 Å². The molecule has 3 aromatic rings. The quantitative estimate of drug-likeness (QED) is 0.543. The van der Waals surface area contributed by atoms with Crippen molar-refractivity contribution in [3.8, 4) is 11.4 Å². The Morgan fingerprint density at radius 2 is 1.69 bits per heavy atom. The number of hydrogen-bond donors (Lipinski definition) is 0. The largest absolute Gasteiger partial charge is 0.497 e. The van der Waals surface area contributed by atoms with E-state index in [-0.39, 0.29) is 18.0 Å². The third-order valence-electron chi connectivity index (χ3n) is 3.97. The number of methoxy groups -OCH3 is 2. The zero-order valence-electron chi connectivity index (χ0n) is 16.2. The molecule has 0 aliphatic heterocycles. The Hall–Kier alpha value is -3.26. The number of carbonyl (C=O) groups excluding carboxylic acids is 2. The van der Waals surface area contributed by atoms with E-state index < -0.39 is 11.9 Å². The van der Waals surface area contributed by atoms with Crippen LogP contribution >= 0.6 is 11.8 Å². The number of aromatic nitrogens is 2. The highest BCUT2D eigenvalue weighted by Crippen LogP contribution is 2.35. The minimum atomic E-state index is -0.638. The molecule has 29 heavy (non-hydrogen) atoms. The predicted octanol–water partition coefficient (Wildman–Crippen LogP) is 4.00. The minimum Gasteiger partial charge on any atom is -0.497 e. The average molecular weight is 412 g/mol. The molecule has 150 valence electrons. The Morgan fingerprint density at radius 3 is 2.28 bits per heavy atom. The summed E-state index contributed by atoms with van der Waals surface area (Å²) < 4.78 is 16.7. The molecule has 0 N–H and O–H groups in total. The van der Waals surface area contributed by atoms with Gasteiger partial charge in [-0.25, -0.2) is 14.3 Å². The number of rotatable bonds is 7. The van der Waals surface area contributed by atoms with Crippen molar-refractivity contribution in [2.75, 3.05) is 20.8 Å². The first-order valence-electron chi connectivity index (χ1n) is 8.84. The first-order valence-corrected chi connectivity index (χ1v) is 9.66. The van der Waals surface area contributed by atoms with E-state index in [1.54, 1.807) is 38.3 Å². The third kappa shape index (κ3) is 4.43. The molecule has 0 unspecified atom stereocenters. The van der Waals surface area contributed by atoms with Gasteiger partial charge in [-0.3, -0.25) is 0 Å². The van der Waals surface area contributed by atoms with Crippen molar-refractivity contribution in [2.24, 2.45) is 0 Å². The molecule has 0 aliphatic rings. The van der Waals surface area contributed by atoms with Crippen molar-refractivity contribution in [1.29, 1.82) is 0 Å². The van der Waals surface area contributed by atoms with E-state index in [2.05, 4.69) is 5.10 Å². The lowest BCUT2D eigenvalue weighted by Crippen LogP contribution is -2.13. The van der Waals surface area contributed by atoms with Gasteiger partial charge in [0.1, 0.15) is 5.75 Å². The van der Waals surface area contributed by atoms with Gasteiger partial charge in [-0.1, -0.05) is 30.0 Å². The third-order valence-corrected chi connectivity index (χ3v) is 5.07. The van der Waals surface area contributed by atoms with Crippen LogP contribution in [0.25, 0.3) is 5.69 Å². The summed E-state index contributed by atoms with van der Waals surface area (Å²) in [6, 6.07) is 16.4. The maximum Gasteiger partial charge on any atom is 0.359 e. The molecule has 1 aromatic heterocycles. The summed E-state index contributed by atoms with van der Waals surface area (Å²) in [5.74, 6) is -0.559. The highest BCUT2D eigenvalue weighted by molar-refractivity contribution is 7.99. The Bertz CT molecular complexity index is 1000. The second-order valence-corrected chi connectivity index (χ2v) is 6.85. The van der Waals surface area contributed by atoms with Gasteiger partial charge in [0.2, 0.25) is 0 Å². The number of ether oxygens (including phenoxy) is 3. The Labute approximate surface area is 172 Å². The Kier molecular flexibility index (Phi) is 6.56. The predicted molar refractivity (Wildman–Crippen MR) is 108 cm³/mol. The first kappa shape index (κ1) is 20.5. The van der Waals surface area contributed by atoms with Gasteiger partial charge in [-0.15, -0.1) is 0 Å². The lowest BCUT2D eigenvalue weighted by atomic mass is 10.3. The molecule has 0 fully saturated rings. The van der Waals surface area contributed by atoms with E-state index in [9.17, 15) is 9.59 Å².